The van der Waals surface area contributed by atoms with Crippen LogP contribution in [0.2, 0.25) is 0 Å². The highest BCUT2D eigenvalue weighted by atomic mass is 15.1. The maximum absolute atomic E-state index is 3.67. The van der Waals surface area contributed by atoms with Gasteiger partial charge in [-0.05, 0) is 45.4 Å². The standard InChI is InChI=1S/C11H24N2/c1-4-10(2)9-12-11-5-7-13(3)8-6-11/h10-12H,4-9H2,1-3H3. The number of hydrogen-bond donors (Lipinski definition) is 1. The zero-order valence-electron chi connectivity index (χ0n) is 9.34. The van der Waals surface area contributed by atoms with Crippen LogP contribution in [-0.4, -0.2) is 37.6 Å². The van der Waals surface area contributed by atoms with Gasteiger partial charge in [0.05, 0.1) is 0 Å². The number of likely N-dealkylation sites (tertiary alicyclic amines) is 1. The predicted molar refractivity (Wildman–Crippen MR) is 58.0 cm³/mol. The molecule has 1 saturated heterocycles. The summed E-state index contributed by atoms with van der Waals surface area (Å²) in [6.07, 6.45) is 3.94. The molecule has 0 radical (unpaired) electrons. The molecule has 0 aromatic carbocycles. The molecule has 0 aromatic rings. The van der Waals surface area contributed by atoms with Crippen LogP contribution in [0.5, 0.6) is 0 Å². The van der Waals surface area contributed by atoms with E-state index in [4.69, 9.17) is 0 Å². The van der Waals surface area contributed by atoms with E-state index in [1.54, 1.807) is 0 Å². The molecule has 2 heteroatoms. The summed E-state index contributed by atoms with van der Waals surface area (Å²) < 4.78 is 0. The second kappa shape index (κ2) is 5.61. The van der Waals surface area contributed by atoms with Crippen molar-refractivity contribution in [2.75, 3.05) is 26.7 Å². The van der Waals surface area contributed by atoms with Crippen LogP contribution in [0.3, 0.4) is 0 Å². The minimum absolute atomic E-state index is 0.783. The highest BCUT2D eigenvalue weighted by molar-refractivity contribution is 4.75. The molecule has 13 heavy (non-hydrogen) atoms. The van der Waals surface area contributed by atoms with E-state index in [1.807, 2.05) is 0 Å². The van der Waals surface area contributed by atoms with Gasteiger partial charge in [0.15, 0.2) is 0 Å². The van der Waals surface area contributed by atoms with Crippen molar-refractivity contribution in [3.63, 3.8) is 0 Å². The van der Waals surface area contributed by atoms with Crippen molar-refractivity contribution in [2.24, 2.45) is 5.92 Å². The summed E-state index contributed by atoms with van der Waals surface area (Å²) in [6, 6.07) is 0.783. The van der Waals surface area contributed by atoms with Crippen LogP contribution in [0.4, 0.5) is 0 Å². The lowest BCUT2D eigenvalue weighted by Crippen LogP contribution is -2.42. The second-order valence-corrected chi connectivity index (χ2v) is 4.50. The molecule has 78 valence electrons. The summed E-state index contributed by atoms with van der Waals surface area (Å²) in [5.41, 5.74) is 0. The van der Waals surface area contributed by atoms with Crippen LogP contribution in [-0.2, 0) is 0 Å². The van der Waals surface area contributed by atoms with Crippen molar-refractivity contribution in [2.45, 2.75) is 39.2 Å². The van der Waals surface area contributed by atoms with E-state index in [0.29, 0.717) is 0 Å². The Balaban J connectivity index is 2.08. The van der Waals surface area contributed by atoms with Crippen LogP contribution >= 0.6 is 0 Å². The third-order valence-electron chi connectivity index (χ3n) is 3.17. The Kier molecular flexibility index (Phi) is 4.74. The van der Waals surface area contributed by atoms with E-state index in [2.05, 4.69) is 31.1 Å². The second-order valence-electron chi connectivity index (χ2n) is 4.50. The van der Waals surface area contributed by atoms with Crippen LogP contribution in [0.25, 0.3) is 0 Å². The summed E-state index contributed by atoms with van der Waals surface area (Å²) in [4.78, 5) is 2.42. The van der Waals surface area contributed by atoms with Gasteiger partial charge >= 0.3 is 0 Å². The van der Waals surface area contributed by atoms with E-state index < -0.39 is 0 Å². The number of nitrogens with zero attached hydrogens (tertiary/aromatic N) is 1. The summed E-state index contributed by atoms with van der Waals surface area (Å²) in [7, 11) is 2.21. The van der Waals surface area contributed by atoms with E-state index in [-0.39, 0.29) is 0 Å². The van der Waals surface area contributed by atoms with Crippen molar-refractivity contribution in [3.8, 4) is 0 Å². The molecule has 1 aliphatic heterocycles. The van der Waals surface area contributed by atoms with Gasteiger partial charge in [0.2, 0.25) is 0 Å². The molecule has 1 aliphatic rings. The molecule has 0 spiro atoms. The molecule has 1 N–H and O–H groups in total. The fraction of sp³-hybridized carbons (Fsp3) is 1.00. The molecular weight excluding hydrogens is 160 g/mol. The maximum atomic E-state index is 3.67. The topological polar surface area (TPSA) is 15.3 Å². The Morgan fingerprint density at radius 1 is 1.38 bits per heavy atom. The lowest BCUT2D eigenvalue weighted by Gasteiger charge is -2.30. The minimum atomic E-state index is 0.783. The van der Waals surface area contributed by atoms with Gasteiger partial charge in [0.25, 0.3) is 0 Å². The van der Waals surface area contributed by atoms with Crippen molar-refractivity contribution >= 4 is 0 Å². The number of hydrogen-bond acceptors (Lipinski definition) is 2. The highest BCUT2D eigenvalue weighted by Crippen LogP contribution is 2.09. The van der Waals surface area contributed by atoms with Crippen LogP contribution in [0.15, 0.2) is 0 Å². The minimum Gasteiger partial charge on any atom is -0.314 e. The first-order valence-corrected chi connectivity index (χ1v) is 5.64. The van der Waals surface area contributed by atoms with Gasteiger partial charge in [-0.2, -0.15) is 0 Å². The molecule has 0 bridgehead atoms. The third-order valence-corrected chi connectivity index (χ3v) is 3.17. The normalized spacial score (nSPS) is 23.3. The zero-order valence-corrected chi connectivity index (χ0v) is 9.34. The summed E-state index contributed by atoms with van der Waals surface area (Å²) in [5.74, 6) is 0.833. The fourth-order valence-corrected chi connectivity index (χ4v) is 1.72. The quantitative estimate of drug-likeness (QED) is 0.715. The summed E-state index contributed by atoms with van der Waals surface area (Å²) in [5, 5.41) is 3.67. The molecule has 0 aromatic heterocycles. The van der Waals surface area contributed by atoms with Gasteiger partial charge in [0, 0.05) is 6.04 Å². The SMILES string of the molecule is CCC(C)CNC1CCN(C)CC1. The summed E-state index contributed by atoms with van der Waals surface area (Å²) in [6.45, 7) is 8.31. The smallest absolute Gasteiger partial charge is 0.00915 e. The Bertz CT molecular complexity index is 128. The van der Waals surface area contributed by atoms with Crippen molar-refractivity contribution in [3.05, 3.63) is 0 Å². The first kappa shape index (κ1) is 11.0. The lowest BCUT2D eigenvalue weighted by molar-refractivity contribution is 0.230. The van der Waals surface area contributed by atoms with Gasteiger partial charge in [-0.3, -0.25) is 0 Å². The molecule has 1 heterocycles. The fourth-order valence-electron chi connectivity index (χ4n) is 1.72. The molecule has 0 amide bonds. The molecular formula is C11H24N2. The molecule has 1 fully saturated rings. The van der Waals surface area contributed by atoms with E-state index in [1.165, 1.54) is 38.9 Å². The molecule has 2 nitrogen and oxygen atoms in total. The van der Waals surface area contributed by atoms with Gasteiger partial charge in [-0.15, -0.1) is 0 Å². The molecule has 1 atom stereocenters. The van der Waals surface area contributed by atoms with Crippen LogP contribution in [0.1, 0.15) is 33.1 Å². The maximum Gasteiger partial charge on any atom is 0.00915 e. The average Bonchev–Trinajstić information content (AvgIpc) is 2.16. The number of piperidine rings is 1. The number of rotatable bonds is 4. The molecule has 1 rings (SSSR count). The molecule has 1 unspecified atom stereocenters. The largest absolute Gasteiger partial charge is 0.314 e. The van der Waals surface area contributed by atoms with E-state index >= 15 is 0 Å². The Morgan fingerprint density at radius 3 is 2.54 bits per heavy atom. The summed E-state index contributed by atoms with van der Waals surface area (Å²) >= 11 is 0. The molecule has 0 aliphatic carbocycles. The van der Waals surface area contributed by atoms with Gasteiger partial charge in [-0.1, -0.05) is 20.3 Å². The van der Waals surface area contributed by atoms with Crippen molar-refractivity contribution in [1.82, 2.24) is 10.2 Å². The Hall–Kier alpha value is -0.0800. The first-order valence-electron chi connectivity index (χ1n) is 5.64. The van der Waals surface area contributed by atoms with Crippen LogP contribution in [0, 0.1) is 5.92 Å². The number of nitrogens with one attached hydrogen (secondary N) is 1. The van der Waals surface area contributed by atoms with Crippen molar-refractivity contribution in [1.29, 1.82) is 0 Å². The predicted octanol–water partition coefficient (Wildman–Crippen LogP) is 1.72. The first-order chi connectivity index (χ1) is 6.22. The monoisotopic (exact) mass is 184 g/mol. The average molecular weight is 184 g/mol. The van der Waals surface area contributed by atoms with Gasteiger partial charge < -0.3 is 10.2 Å². The van der Waals surface area contributed by atoms with E-state index in [0.717, 1.165) is 12.0 Å². The highest BCUT2D eigenvalue weighted by Gasteiger charge is 2.15. The lowest BCUT2D eigenvalue weighted by atomic mass is 10.0. The van der Waals surface area contributed by atoms with Gasteiger partial charge in [0.1, 0.15) is 0 Å². The molecule has 0 saturated carbocycles. The zero-order chi connectivity index (χ0) is 9.68. The van der Waals surface area contributed by atoms with Gasteiger partial charge in [-0.25, -0.2) is 0 Å². The Labute approximate surface area is 82.7 Å². The Morgan fingerprint density at radius 2 is 2.00 bits per heavy atom. The van der Waals surface area contributed by atoms with Crippen molar-refractivity contribution < 1.29 is 0 Å². The van der Waals surface area contributed by atoms with E-state index in [9.17, 15) is 0 Å². The van der Waals surface area contributed by atoms with Crippen LogP contribution < -0.4 is 5.32 Å². The third kappa shape index (κ3) is 4.10.